The van der Waals surface area contributed by atoms with Gasteiger partial charge < -0.3 is 4.90 Å². The van der Waals surface area contributed by atoms with Gasteiger partial charge in [0.15, 0.2) is 0 Å². The molecule has 0 N–H and O–H groups in total. The molecule has 0 aliphatic carbocycles. The first kappa shape index (κ1) is 16.4. The van der Waals surface area contributed by atoms with Gasteiger partial charge in [0.1, 0.15) is 0 Å². The molecule has 1 nitrogen and oxygen atoms in total. The highest BCUT2D eigenvalue weighted by Crippen LogP contribution is 2.27. The Hall–Kier alpha value is -1.99. The summed E-state index contributed by atoms with van der Waals surface area (Å²) in [6.45, 7) is 10.2. The van der Waals surface area contributed by atoms with Gasteiger partial charge in [0.25, 0.3) is 0 Å². The van der Waals surface area contributed by atoms with E-state index in [-0.39, 0.29) is 0 Å². The number of benzene rings is 2. The van der Waals surface area contributed by atoms with Crippen LogP contribution in [0.25, 0.3) is 5.57 Å². The highest BCUT2D eigenvalue weighted by atomic mass is 35.5. The highest BCUT2D eigenvalue weighted by molar-refractivity contribution is 6.30. The minimum atomic E-state index is 0.743. The van der Waals surface area contributed by atoms with Gasteiger partial charge in [-0.25, -0.2) is 0 Å². The van der Waals surface area contributed by atoms with Gasteiger partial charge in [-0.05, 0) is 54.8 Å². The zero-order chi connectivity index (χ0) is 15.9. The number of hydrogen-bond donors (Lipinski definition) is 0. The summed E-state index contributed by atoms with van der Waals surface area (Å²) in [5, 5.41) is 0.743. The molecular weight excluding hydrogens is 290 g/mol. The molecule has 22 heavy (non-hydrogen) atoms. The molecule has 0 heterocycles. The van der Waals surface area contributed by atoms with E-state index in [2.05, 4.69) is 55.7 Å². The number of halogens is 1. The van der Waals surface area contributed by atoms with Crippen LogP contribution in [-0.4, -0.2) is 13.1 Å². The monoisotopic (exact) mass is 311 g/mol. The molecular formula is C20H22ClN. The molecule has 0 atom stereocenters. The summed E-state index contributed by atoms with van der Waals surface area (Å²) in [6, 6.07) is 16.6. The van der Waals surface area contributed by atoms with Crippen molar-refractivity contribution < 1.29 is 0 Å². The Kier molecular flexibility index (Phi) is 5.85. The van der Waals surface area contributed by atoms with E-state index < -0.39 is 0 Å². The van der Waals surface area contributed by atoms with Crippen LogP contribution in [0.5, 0.6) is 0 Å². The van der Waals surface area contributed by atoms with Crippen LogP contribution in [0, 0.1) is 0 Å². The van der Waals surface area contributed by atoms with E-state index in [9.17, 15) is 0 Å². The van der Waals surface area contributed by atoms with Crippen LogP contribution in [0.4, 0.5) is 5.69 Å². The largest absolute Gasteiger partial charge is 0.372 e. The maximum absolute atomic E-state index is 6.12. The third-order valence-electron chi connectivity index (χ3n) is 3.73. The summed E-state index contributed by atoms with van der Waals surface area (Å²) in [5.41, 5.74) is 4.64. The highest BCUT2D eigenvalue weighted by Gasteiger charge is 2.07. The first-order valence-corrected chi connectivity index (χ1v) is 8.01. The van der Waals surface area contributed by atoms with E-state index >= 15 is 0 Å². The van der Waals surface area contributed by atoms with Crippen LogP contribution in [0.3, 0.4) is 0 Å². The average molecular weight is 312 g/mol. The van der Waals surface area contributed by atoms with Gasteiger partial charge in [0.2, 0.25) is 0 Å². The quantitative estimate of drug-likeness (QED) is 0.609. The number of anilines is 1. The van der Waals surface area contributed by atoms with E-state index in [1.807, 2.05) is 30.4 Å². The van der Waals surface area contributed by atoms with Crippen molar-refractivity contribution >= 4 is 22.9 Å². The van der Waals surface area contributed by atoms with E-state index in [1.54, 1.807) is 0 Å². The van der Waals surface area contributed by atoms with Gasteiger partial charge in [-0.15, -0.1) is 0 Å². The molecule has 0 aliphatic rings. The number of rotatable bonds is 6. The van der Waals surface area contributed by atoms with E-state index in [0.717, 1.165) is 34.8 Å². The molecule has 0 spiro atoms. The van der Waals surface area contributed by atoms with Crippen molar-refractivity contribution in [3.05, 3.63) is 83.4 Å². The van der Waals surface area contributed by atoms with E-state index in [0.29, 0.717) is 0 Å². The number of hydrogen-bond acceptors (Lipinski definition) is 1. The Morgan fingerprint density at radius 2 is 1.73 bits per heavy atom. The smallest absolute Gasteiger partial charge is 0.0412 e. The molecule has 2 aromatic rings. The van der Waals surface area contributed by atoms with Crippen LogP contribution in [-0.2, 0) is 0 Å². The molecule has 0 amide bonds. The Balaban J connectivity index is 2.38. The molecule has 2 heteroatoms. The normalized spacial score (nSPS) is 11.3. The van der Waals surface area contributed by atoms with Crippen LogP contribution >= 0.6 is 11.6 Å². The van der Waals surface area contributed by atoms with Crippen LogP contribution in [0.1, 0.15) is 25.0 Å². The first-order valence-electron chi connectivity index (χ1n) is 7.63. The summed E-state index contributed by atoms with van der Waals surface area (Å²) in [6.07, 6.45) is 3.84. The number of allylic oxidation sites excluding steroid dienone is 2. The molecule has 114 valence electrons. The fourth-order valence-electron chi connectivity index (χ4n) is 2.57. The summed E-state index contributed by atoms with van der Waals surface area (Å²) < 4.78 is 0. The van der Waals surface area contributed by atoms with Gasteiger partial charge in [0, 0.05) is 23.8 Å². The molecule has 0 fully saturated rings. The summed E-state index contributed by atoms with van der Waals surface area (Å²) >= 11 is 6.12. The second-order valence-electron chi connectivity index (χ2n) is 5.05. The van der Waals surface area contributed by atoms with Crippen molar-refractivity contribution in [3.63, 3.8) is 0 Å². The Labute approximate surface area is 138 Å². The lowest BCUT2D eigenvalue weighted by atomic mass is 9.97. The van der Waals surface area contributed by atoms with Crippen molar-refractivity contribution in [2.75, 3.05) is 18.0 Å². The average Bonchev–Trinajstić information content (AvgIpc) is 2.54. The lowest BCUT2D eigenvalue weighted by Gasteiger charge is -2.21. The van der Waals surface area contributed by atoms with Gasteiger partial charge in [0.05, 0.1) is 0 Å². The van der Waals surface area contributed by atoms with Crippen molar-refractivity contribution in [2.24, 2.45) is 0 Å². The lowest BCUT2D eigenvalue weighted by molar-refractivity contribution is 0.866. The second kappa shape index (κ2) is 7.86. The first-order chi connectivity index (χ1) is 10.7. The Bertz CT molecular complexity index is 652. The fourth-order valence-corrected chi connectivity index (χ4v) is 2.76. The van der Waals surface area contributed by atoms with Crippen molar-refractivity contribution in [1.29, 1.82) is 0 Å². The molecule has 0 saturated heterocycles. The molecule has 0 unspecified atom stereocenters. The zero-order valence-corrected chi connectivity index (χ0v) is 14.0. The molecule has 0 aromatic heterocycles. The molecule has 0 radical (unpaired) electrons. The molecule has 0 saturated carbocycles. The van der Waals surface area contributed by atoms with E-state index in [1.165, 1.54) is 5.69 Å². The predicted molar refractivity (Wildman–Crippen MR) is 98.7 cm³/mol. The van der Waals surface area contributed by atoms with Crippen molar-refractivity contribution in [3.8, 4) is 0 Å². The van der Waals surface area contributed by atoms with Crippen LogP contribution in [0.2, 0.25) is 5.02 Å². The Morgan fingerprint density at radius 3 is 2.27 bits per heavy atom. The lowest BCUT2D eigenvalue weighted by Crippen LogP contribution is -2.21. The van der Waals surface area contributed by atoms with Crippen molar-refractivity contribution in [2.45, 2.75) is 13.8 Å². The molecule has 2 aromatic carbocycles. The molecule has 0 aliphatic heterocycles. The second-order valence-corrected chi connectivity index (χ2v) is 5.48. The van der Waals surface area contributed by atoms with Gasteiger partial charge >= 0.3 is 0 Å². The Morgan fingerprint density at radius 1 is 1.05 bits per heavy atom. The maximum atomic E-state index is 6.12. The third kappa shape index (κ3) is 3.80. The summed E-state index contributed by atoms with van der Waals surface area (Å²) in [7, 11) is 0. The van der Waals surface area contributed by atoms with Crippen LogP contribution < -0.4 is 4.90 Å². The topological polar surface area (TPSA) is 3.24 Å². The summed E-state index contributed by atoms with van der Waals surface area (Å²) in [5.74, 6) is 0. The van der Waals surface area contributed by atoms with Crippen LogP contribution in [0.15, 0.2) is 67.3 Å². The number of nitrogens with zero attached hydrogens (tertiary/aromatic N) is 1. The fraction of sp³-hybridized carbons (Fsp3) is 0.200. The third-order valence-corrected chi connectivity index (χ3v) is 3.96. The molecule has 0 bridgehead atoms. The molecule has 2 rings (SSSR count). The standard InChI is InChI=1S/C20H22ClN/c1-4-8-20(17-9-7-10-18(21)15-17)16-11-13-19(14-12-16)22(5-2)6-3/h4,7-15H,1,5-6H2,2-3H3. The van der Waals surface area contributed by atoms with Gasteiger partial charge in [-0.2, -0.15) is 0 Å². The van der Waals surface area contributed by atoms with Crippen molar-refractivity contribution in [1.82, 2.24) is 0 Å². The minimum Gasteiger partial charge on any atom is -0.372 e. The van der Waals surface area contributed by atoms with Gasteiger partial charge in [-0.3, -0.25) is 0 Å². The van der Waals surface area contributed by atoms with Gasteiger partial charge in [-0.1, -0.05) is 54.6 Å². The maximum Gasteiger partial charge on any atom is 0.0412 e. The SMILES string of the molecule is C=CC=C(c1ccc(N(CC)CC)cc1)c1cccc(Cl)c1. The van der Waals surface area contributed by atoms with E-state index in [4.69, 9.17) is 11.6 Å². The summed E-state index contributed by atoms with van der Waals surface area (Å²) in [4.78, 5) is 2.33. The minimum absolute atomic E-state index is 0.743. The predicted octanol–water partition coefficient (Wildman–Crippen LogP) is 5.80. The zero-order valence-electron chi connectivity index (χ0n) is 13.2.